The van der Waals surface area contributed by atoms with Crippen molar-refractivity contribution in [3.8, 4) is 11.5 Å². The van der Waals surface area contributed by atoms with E-state index in [1.807, 2.05) is 0 Å². The Hall–Kier alpha value is -3.16. The molecule has 0 aliphatic carbocycles. The molecule has 1 N–H and O–H groups in total. The summed E-state index contributed by atoms with van der Waals surface area (Å²) in [7, 11) is 1.61. The smallest absolute Gasteiger partial charge is 0.339 e. The molecule has 1 unspecified atom stereocenters. The van der Waals surface area contributed by atoms with E-state index in [0.29, 0.717) is 52.9 Å². The number of carboxylic acid groups (broad SMARTS) is 1. The van der Waals surface area contributed by atoms with Gasteiger partial charge >= 0.3 is 5.97 Å². The largest absolute Gasteiger partial charge is 0.492 e. The van der Waals surface area contributed by atoms with Gasteiger partial charge in [0.25, 0.3) is 0 Å². The van der Waals surface area contributed by atoms with Crippen LogP contribution in [0.3, 0.4) is 0 Å². The molecular weight excluding hydrogens is 451 g/mol. The van der Waals surface area contributed by atoms with Crippen LogP contribution in [0.15, 0.2) is 54.1 Å². The van der Waals surface area contributed by atoms with Gasteiger partial charge in [-0.05, 0) is 42.3 Å². The average Bonchev–Trinajstić information content (AvgIpc) is 2.77. The first-order chi connectivity index (χ1) is 15.8. The van der Waals surface area contributed by atoms with Crippen LogP contribution in [-0.4, -0.2) is 37.2 Å². The lowest BCUT2D eigenvalue weighted by molar-refractivity contribution is -0.134. The van der Waals surface area contributed by atoms with Crippen molar-refractivity contribution in [2.45, 2.75) is 25.9 Å². The second-order valence-electron chi connectivity index (χ2n) is 7.48. The van der Waals surface area contributed by atoms with Gasteiger partial charge in [-0.1, -0.05) is 29.8 Å². The molecule has 3 rings (SSSR count). The highest BCUT2D eigenvalue weighted by molar-refractivity contribution is 6.32. The minimum atomic E-state index is -1.33. The Labute approximate surface area is 196 Å². The van der Waals surface area contributed by atoms with Crippen molar-refractivity contribution in [2.75, 3.05) is 20.3 Å². The van der Waals surface area contributed by atoms with Gasteiger partial charge in [-0.25, -0.2) is 9.18 Å². The normalized spacial score (nSPS) is 19.4. The Morgan fingerprint density at radius 3 is 2.64 bits per heavy atom. The fourth-order valence-corrected chi connectivity index (χ4v) is 3.61. The molecule has 2 aromatic carbocycles. The number of aliphatic carboxylic acids is 1. The molecule has 0 radical (unpaired) electrons. The fourth-order valence-electron chi connectivity index (χ4n) is 3.39. The number of methoxy groups -OCH3 is 1. The van der Waals surface area contributed by atoms with Crippen molar-refractivity contribution in [1.29, 1.82) is 0 Å². The highest BCUT2D eigenvalue weighted by Crippen LogP contribution is 2.39. The van der Waals surface area contributed by atoms with E-state index < -0.39 is 23.7 Å². The summed E-state index contributed by atoms with van der Waals surface area (Å²) in [4.78, 5) is 24.3. The zero-order chi connectivity index (χ0) is 24.0. The second kappa shape index (κ2) is 11.1. The van der Waals surface area contributed by atoms with E-state index in [1.54, 1.807) is 38.3 Å². The number of ketones is 1. The van der Waals surface area contributed by atoms with Gasteiger partial charge in [0, 0.05) is 38.2 Å². The molecule has 1 aliphatic heterocycles. The molecular formula is C25H24ClFO6. The molecule has 33 heavy (non-hydrogen) atoms. The standard InChI is InChI=1S/C25H24ClFO6/c1-15-12-21(28)18(25(29)30)8-9-22(16-4-6-17(27)7-5-16)33-23-14-24(20(26)13-19(15)23)32-11-3-10-31-2/h4-8,12-14,22H,3,9-11H2,1-2H3,(H,29,30)/b15-12+,18-8+. The monoisotopic (exact) mass is 474 g/mol. The molecule has 1 aliphatic rings. The third-order valence-corrected chi connectivity index (χ3v) is 5.40. The Balaban J connectivity index is 2.08. The lowest BCUT2D eigenvalue weighted by atomic mass is 9.98. The zero-order valence-corrected chi connectivity index (χ0v) is 19.0. The number of carbonyl (C=O) groups is 2. The van der Waals surface area contributed by atoms with Crippen molar-refractivity contribution in [3.63, 3.8) is 0 Å². The third kappa shape index (κ3) is 6.21. The first-order valence-electron chi connectivity index (χ1n) is 10.3. The topological polar surface area (TPSA) is 82.1 Å². The summed E-state index contributed by atoms with van der Waals surface area (Å²) in [6, 6.07) is 8.97. The number of hydrogen-bond donors (Lipinski definition) is 1. The van der Waals surface area contributed by atoms with Crippen LogP contribution >= 0.6 is 11.6 Å². The van der Waals surface area contributed by atoms with Crippen LogP contribution in [0.5, 0.6) is 11.5 Å². The molecule has 1 atom stereocenters. The first kappa shape index (κ1) is 24.5. The van der Waals surface area contributed by atoms with Crippen LogP contribution < -0.4 is 9.47 Å². The lowest BCUT2D eigenvalue weighted by Crippen LogP contribution is -2.15. The van der Waals surface area contributed by atoms with E-state index in [0.717, 1.165) is 0 Å². The summed E-state index contributed by atoms with van der Waals surface area (Å²) in [6.07, 6.45) is 2.64. The number of fused-ring (bicyclic) bond motifs is 1. The van der Waals surface area contributed by atoms with Crippen molar-refractivity contribution in [3.05, 3.63) is 76.1 Å². The van der Waals surface area contributed by atoms with Crippen LogP contribution in [0.25, 0.3) is 5.57 Å². The van der Waals surface area contributed by atoms with E-state index in [-0.39, 0.29) is 12.0 Å². The van der Waals surface area contributed by atoms with Gasteiger partial charge in [0.15, 0.2) is 5.78 Å². The van der Waals surface area contributed by atoms with E-state index in [2.05, 4.69) is 0 Å². The highest BCUT2D eigenvalue weighted by Gasteiger charge is 2.23. The Morgan fingerprint density at radius 2 is 1.97 bits per heavy atom. The van der Waals surface area contributed by atoms with E-state index in [4.69, 9.17) is 25.8 Å². The van der Waals surface area contributed by atoms with Crippen LogP contribution in [0.4, 0.5) is 4.39 Å². The lowest BCUT2D eigenvalue weighted by Gasteiger charge is -2.23. The van der Waals surface area contributed by atoms with Crippen LogP contribution in [0, 0.1) is 5.82 Å². The molecule has 2 aromatic rings. The predicted molar refractivity (Wildman–Crippen MR) is 122 cm³/mol. The summed E-state index contributed by atoms with van der Waals surface area (Å²) >= 11 is 6.42. The predicted octanol–water partition coefficient (Wildman–Crippen LogP) is 5.40. The van der Waals surface area contributed by atoms with Gasteiger partial charge in [-0.2, -0.15) is 0 Å². The minimum Gasteiger partial charge on any atom is -0.492 e. The maximum atomic E-state index is 13.5. The number of ether oxygens (including phenoxy) is 3. The SMILES string of the molecule is COCCCOc1cc2c(cc1Cl)/C(C)=C/C(=O)/C(C(=O)O)=C\CC(c1ccc(F)cc1)O2. The molecule has 0 amide bonds. The Bertz CT molecular complexity index is 1090. The highest BCUT2D eigenvalue weighted by atomic mass is 35.5. The van der Waals surface area contributed by atoms with Gasteiger partial charge in [0.05, 0.1) is 11.6 Å². The molecule has 0 saturated heterocycles. The van der Waals surface area contributed by atoms with Crippen LogP contribution in [0.1, 0.15) is 37.0 Å². The quantitative estimate of drug-likeness (QED) is 0.427. The number of allylic oxidation sites excluding steroid dienone is 2. The van der Waals surface area contributed by atoms with Gasteiger partial charge in [-0.3, -0.25) is 4.79 Å². The number of benzene rings is 2. The molecule has 1 heterocycles. The van der Waals surface area contributed by atoms with E-state index in [9.17, 15) is 19.1 Å². The average molecular weight is 475 g/mol. The maximum Gasteiger partial charge on any atom is 0.339 e. The Kier molecular flexibility index (Phi) is 8.25. The summed E-state index contributed by atoms with van der Waals surface area (Å²) in [5, 5.41) is 9.83. The van der Waals surface area contributed by atoms with Gasteiger partial charge in [0.2, 0.25) is 0 Å². The van der Waals surface area contributed by atoms with Crippen LogP contribution in [0.2, 0.25) is 5.02 Å². The van der Waals surface area contributed by atoms with Gasteiger partial charge in [-0.15, -0.1) is 0 Å². The summed E-state index contributed by atoms with van der Waals surface area (Å²) in [5.41, 5.74) is 1.26. The van der Waals surface area contributed by atoms with E-state index in [1.165, 1.54) is 24.3 Å². The van der Waals surface area contributed by atoms with Crippen molar-refractivity contribution < 1.29 is 33.3 Å². The number of hydrogen-bond acceptors (Lipinski definition) is 5. The number of carboxylic acids is 1. The third-order valence-electron chi connectivity index (χ3n) is 5.10. The molecule has 0 spiro atoms. The van der Waals surface area contributed by atoms with Gasteiger partial charge in [0.1, 0.15) is 29.0 Å². The Morgan fingerprint density at radius 1 is 1.24 bits per heavy atom. The zero-order valence-electron chi connectivity index (χ0n) is 18.3. The molecule has 0 aromatic heterocycles. The van der Waals surface area contributed by atoms with Crippen LogP contribution in [-0.2, 0) is 14.3 Å². The molecule has 6 nitrogen and oxygen atoms in total. The molecule has 174 valence electrons. The maximum absolute atomic E-state index is 13.5. The van der Waals surface area contributed by atoms with E-state index >= 15 is 0 Å². The number of carbonyl (C=O) groups excluding carboxylic acids is 1. The molecule has 0 bridgehead atoms. The minimum absolute atomic E-state index is 0.0813. The molecule has 8 heteroatoms. The summed E-state index contributed by atoms with van der Waals surface area (Å²) in [5.74, 6) is -1.57. The summed E-state index contributed by atoms with van der Waals surface area (Å²) < 4.78 is 30.6. The number of rotatable bonds is 7. The van der Waals surface area contributed by atoms with Crippen molar-refractivity contribution >= 4 is 28.9 Å². The van der Waals surface area contributed by atoms with Crippen molar-refractivity contribution in [1.82, 2.24) is 0 Å². The fraction of sp³-hybridized carbons (Fsp3) is 0.280. The van der Waals surface area contributed by atoms with Gasteiger partial charge < -0.3 is 19.3 Å². The second-order valence-corrected chi connectivity index (χ2v) is 7.89. The number of halogens is 2. The first-order valence-corrected chi connectivity index (χ1v) is 10.7. The molecule has 0 fully saturated rings. The summed E-state index contributed by atoms with van der Waals surface area (Å²) in [6.45, 7) is 2.59. The van der Waals surface area contributed by atoms with Crippen molar-refractivity contribution in [2.24, 2.45) is 0 Å². The molecule has 0 saturated carbocycles.